The molecule has 0 aromatic heterocycles. The lowest BCUT2D eigenvalue weighted by Gasteiger charge is -2.20. The molecule has 0 bridgehead atoms. The minimum absolute atomic E-state index is 0.0150. The Kier molecular flexibility index (Phi) is 28.6. The second-order valence-corrected chi connectivity index (χ2v) is 10.7. The SMILES string of the molecule is CCCC/C=C/CC/C=C/CC/C=C/C(O)C(CO)NC(=O)CC(O)CCCCCC/C=C\C=C/CCCCC. The summed E-state index contributed by atoms with van der Waals surface area (Å²) in [5.41, 5.74) is 0. The van der Waals surface area contributed by atoms with Gasteiger partial charge >= 0.3 is 0 Å². The van der Waals surface area contributed by atoms with Crippen molar-refractivity contribution in [1.29, 1.82) is 0 Å². The van der Waals surface area contributed by atoms with Gasteiger partial charge in [0.15, 0.2) is 0 Å². The second kappa shape index (κ2) is 30.0. The monoisotopic (exact) mass is 559 g/mol. The number of nitrogens with one attached hydrogen (secondary N) is 1. The maximum atomic E-state index is 12.3. The summed E-state index contributed by atoms with van der Waals surface area (Å²) in [4.78, 5) is 12.3. The van der Waals surface area contributed by atoms with Gasteiger partial charge in [-0.3, -0.25) is 4.79 Å². The van der Waals surface area contributed by atoms with Crippen molar-refractivity contribution in [2.24, 2.45) is 0 Å². The van der Waals surface area contributed by atoms with Crippen molar-refractivity contribution in [1.82, 2.24) is 5.32 Å². The number of aliphatic hydroxyl groups excluding tert-OH is 3. The predicted octanol–water partition coefficient (Wildman–Crippen LogP) is 8.03. The third-order valence-corrected chi connectivity index (χ3v) is 6.78. The molecule has 0 aliphatic carbocycles. The third kappa shape index (κ3) is 26.3. The van der Waals surface area contributed by atoms with Crippen molar-refractivity contribution >= 4 is 5.91 Å². The predicted molar refractivity (Wildman–Crippen MR) is 171 cm³/mol. The highest BCUT2D eigenvalue weighted by atomic mass is 16.3. The molecule has 5 nitrogen and oxygen atoms in total. The van der Waals surface area contributed by atoms with E-state index in [9.17, 15) is 20.1 Å². The highest BCUT2D eigenvalue weighted by molar-refractivity contribution is 5.76. The molecule has 0 saturated carbocycles. The molecule has 0 aromatic carbocycles. The molecule has 0 spiro atoms. The maximum absolute atomic E-state index is 12.3. The van der Waals surface area contributed by atoms with E-state index in [0.29, 0.717) is 6.42 Å². The zero-order chi connectivity index (χ0) is 29.5. The Hall–Kier alpha value is -1.95. The van der Waals surface area contributed by atoms with Gasteiger partial charge in [0.1, 0.15) is 0 Å². The number of aliphatic hydroxyl groups is 3. The zero-order valence-corrected chi connectivity index (χ0v) is 25.7. The van der Waals surface area contributed by atoms with E-state index in [0.717, 1.165) is 64.2 Å². The van der Waals surface area contributed by atoms with Crippen molar-refractivity contribution in [3.8, 4) is 0 Å². The van der Waals surface area contributed by atoms with Crippen molar-refractivity contribution in [3.63, 3.8) is 0 Å². The van der Waals surface area contributed by atoms with Gasteiger partial charge in [-0.25, -0.2) is 0 Å². The number of allylic oxidation sites excluding steroid dienone is 9. The normalized spacial score (nSPS) is 14.8. The van der Waals surface area contributed by atoms with Crippen LogP contribution in [0.15, 0.2) is 60.8 Å². The average Bonchev–Trinajstić information content (AvgIpc) is 2.94. The van der Waals surface area contributed by atoms with E-state index in [1.165, 1.54) is 38.5 Å². The lowest BCUT2D eigenvalue weighted by molar-refractivity contribution is -0.124. The molecule has 5 heteroatoms. The molecule has 0 radical (unpaired) electrons. The first-order valence-electron chi connectivity index (χ1n) is 16.1. The van der Waals surface area contributed by atoms with Gasteiger partial charge in [0, 0.05) is 0 Å². The number of hydrogen-bond donors (Lipinski definition) is 4. The molecule has 1 amide bonds. The van der Waals surface area contributed by atoms with E-state index in [2.05, 4.69) is 67.8 Å². The van der Waals surface area contributed by atoms with Gasteiger partial charge in [-0.05, 0) is 64.2 Å². The molecule has 0 fully saturated rings. The molecule has 3 unspecified atom stereocenters. The number of amides is 1. The molecule has 4 N–H and O–H groups in total. The van der Waals surface area contributed by atoms with Crippen LogP contribution < -0.4 is 5.32 Å². The molecule has 0 heterocycles. The van der Waals surface area contributed by atoms with Gasteiger partial charge in [0.25, 0.3) is 0 Å². The van der Waals surface area contributed by atoms with Crippen LogP contribution in [0.4, 0.5) is 0 Å². The summed E-state index contributed by atoms with van der Waals surface area (Å²) in [6, 6.07) is -0.773. The van der Waals surface area contributed by atoms with Crippen LogP contribution in [0.5, 0.6) is 0 Å². The van der Waals surface area contributed by atoms with E-state index in [1.54, 1.807) is 6.08 Å². The topological polar surface area (TPSA) is 89.8 Å². The summed E-state index contributed by atoms with van der Waals surface area (Å²) in [5.74, 6) is -0.349. The summed E-state index contributed by atoms with van der Waals surface area (Å²) < 4.78 is 0. The number of rotatable bonds is 27. The van der Waals surface area contributed by atoms with Crippen LogP contribution in [0.25, 0.3) is 0 Å². The van der Waals surface area contributed by atoms with E-state index in [4.69, 9.17) is 0 Å². The Morgan fingerprint density at radius 3 is 1.77 bits per heavy atom. The highest BCUT2D eigenvalue weighted by Crippen LogP contribution is 2.10. The molecular weight excluding hydrogens is 498 g/mol. The Bertz CT molecular complexity index is 710. The molecule has 0 saturated heterocycles. The van der Waals surface area contributed by atoms with E-state index in [-0.39, 0.29) is 18.9 Å². The Balaban J connectivity index is 3.93. The zero-order valence-electron chi connectivity index (χ0n) is 25.7. The van der Waals surface area contributed by atoms with Gasteiger partial charge in [-0.15, -0.1) is 0 Å². The molecule has 0 rings (SSSR count). The van der Waals surface area contributed by atoms with Crippen LogP contribution in [0.1, 0.15) is 129 Å². The van der Waals surface area contributed by atoms with Crippen LogP contribution in [-0.4, -0.2) is 46.1 Å². The largest absolute Gasteiger partial charge is 0.394 e. The Morgan fingerprint density at radius 2 is 1.18 bits per heavy atom. The fourth-order valence-corrected chi connectivity index (χ4v) is 4.23. The summed E-state index contributed by atoms with van der Waals surface area (Å²) in [6.07, 6.45) is 37.6. The Labute approximate surface area is 246 Å². The summed E-state index contributed by atoms with van der Waals surface area (Å²) in [6.45, 7) is 4.07. The molecular formula is C35H61NO4. The minimum atomic E-state index is -0.964. The molecule has 230 valence electrons. The summed E-state index contributed by atoms with van der Waals surface area (Å²) >= 11 is 0. The first-order valence-corrected chi connectivity index (χ1v) is 16.1. The third-order valence-electron chi connectivity index (χ3n) is 6.78. The van der Waals surface area contributed by atoms with Crippen LogP contribution in [-0.2, 0) is 4.79 Å². The van der Waals surface area contributed by atoms with Gasteiger partial charge in [0.05, 0.1) is 31.3 Å². The van der Waals surface area contributed by atoms with Gasteiger partial charge in [-0.2, -0.15) is 0 Å². The second-order valence-electron chi connectivity index (χ2n) is 10.7. The number of carbonyl (C=O) groups is 1. The fourth-order valence-electron chi connectivity index (χ4n) is 4.23. The van der Waals surface area contributed by atoms with Crippen LogP contribution in [0, 0.1) is 0 Å². The van der Waals surface area contributed by atoms with E-state index < -0.39 is 18.2 Å². The minimum Gasteiger partial charge on any atom is -0.394 e. The lowest BCUT2D eigenvalue weighted by Crippen LogP contribution is -2.45. The smallest absolute Gasteiger partial charge is 0.222 e. The van der Waals surface area contributed by atoms with Crippen molar-refractivity contribution in [2.75, 3.05) is 6.61 Å². The molecule has 3 atom stereocenters. The van der Waals surface area contributed by atoms with Crippen molar-refractivity contribution in [3.05, 3.63) is 60.8 Å². The summed E-state index contributed by atoms with van der Waals surface area (Å²) in [5, 5.41) is 32.8. The summed E-state index contributed by atoms with van der Waals surface area (Å²) in [7, 11) is 0. The van der Waals surface area contributed by atoms with Gasteiger partial charge < -0.3 is 20.6 Å². The highest BCUT2D eigenvalue weighted by Gasteiger charge is 2.19. The lowest BCUT2D eigenvalue weighted by atomic mass is 10.0. The standard InChI is InChI=1S/C35H61NO4/c1-3-5-7-9-11-13-15-17-18-20-22-24-26-28-32(38)30-35(40)36-33(31-37)34(39)29-27-25-23-21-19-16-14-12-10-8-6-4-2/h10-13,15,17,19,21,27,29,32-34,37-39H,3-9,14,16,18,20,22-26,28,30-31H2,1-2H3,(H,36,40)/b12-10+,13-11-,17-15-,21-19+,29-27+. The average molecular weight is 560 g/mol. The number of hydrogen-bond acceptors (Lipinski definition) is 4. The van der Waals surface area contributed by atoms with Gasteiger partial charge in [-0.1, -0.05) is 120 Å². The molecule has 40 heavy (non-hydrogen) atoms. The quantitative estimate of drug-likeness (QED) is 0.0466. The molecule has 0 aliphatic rings. The van der Waals surface area contributed by atoms with E-state index in [1.807, 2.05) is 6.08 Å². The first kappa shape index (κ1) is 38.0. The number of carbonyl (C=O) groups excluding carboxylic acids is 1. The Morgan fingerprint density at radius 1 is 0.650 bits per heavy atom. The van der Waals surface area contributed by atoms with Crippen LogP contribution in [0.2, 0.25) is 0 Å². The van der Waals surface area contributed by atoms with Crippen molar-refractivity contribution < 1.29 is 20.1 Å². The molecule has 0 aromatic rings. The maximum Gasteiger partial charge on any atom is 0.222 e. The number of unbranched alkanes of at least 4 members (excludes halogenated alkanes) is 11. The van der Waals surface area contributed by atoms with Crippen LogP contribution >= 0.6 is 0 Å². The fraction of sp³-hybridized carbons (Fsp3) is 0.686. The van der Waals surface area contributed by atoms with Gasteiger partial charge in [0.2, 0.25) is 5.91 Å². The van der Waals surface area contributed by atoms with Crippen LogP contribution in [0.3, 0.4) is 0 Å². The first-order chi connectivity index (χ1) is 19.5. The van der Waals surface area contributed by atoms with Crippen molar-refractivity contribution in [2.45, 2.75) is 148 Å². The van der Waals surface area contributed by atoms with E-state index >= 15 is 0 Å². The molecule has 0 aliphatic heterocycles.